The van der Waals surface area contributed by atoms with Crippen LogP contribution in [0.4, 0.5) is 5.82 Å². The van der Waals surface area contributed by atoms with Crippen LogP contribution in [0.25, 0.3) is 0 Å². The number of carbonyl (C=O) groups is 1. The minimum Gasteiger partial charge on any atom is -0.370 e. The topological polar surface area (TPSA) is 69.5 Å². The monoisotopic (exact) mass is 480 g/mol. The van der Waals surface area contributed by atoms with E-state index >= 15 is 0 Å². The fourth-order valence-electron chi connectivity index (χ4n) is 5.05. The van der Waals surface area contributed by atoms with Crippen molar-refractivity contribution >= 4 is 23.3 Å². The molecule has 2 aromatic rings. The van der Waals surface area contributed by atoms with Gasteiger partial charge in [-0.1, -0.05) is 37.6 Å². The van der Waals surface area contributed by atoms with Gasteiger partial charge in [-0.2, -0.15) is 5.26 Å². The fourth-order valence-corrected chi connectivity index (χ4v) is 5.26. The van der Waals surface area contributed by atoms with E-state index in [0.717, 1.165) is 28.2 Å². The number of halogens is 1. The molecule has 0 saturated carbocycles. The Hall–Kier alpha value is -2.62. The predicted octanol–water partition coefficient (Wildman–Crippen LogP) is 4.86. The van der Waals surface area contributed by atoms with Crippen molar-refractivity contribution in [3.05, 3.63) is 57.2 Å². The van der Waals surface area contributed by atoms with Crippen molar-refractivity contribution < 1.29 is 9.53 Å². The number of nitriles is 1. The van der Waals surface area contributed by atoms with Crippen molar-refractivity contribution in [2.24, 2.45) is 0 Å². The average Bonchev–Trinajstić information content (AvgIpc) is 2.77. The standard InChI is InChI=1S/C27H33ClN4O2/c1-17(2)25-23-16-34-27(4,5)13-21(23)22(14-29)26(30-25)31-9-10-32(18(3)15-31)24(33)12-19-7-6-8-20(28)11-19/h6-8,11,17-18H,9-10,12-13,15-16H2,1-5H3/t18-/m1/s1. The number of fused-ring (bicyclic) bond motifs is 1. The number of hydrogen-bond acceptors (Lipinski definition) is 5. The quantitative estimate of drug-likeness (QED) is 0.625. The summed E-state index contributed by atoms with van der Waals surface area (Å²) < 4.78 is 6.07. The number of anilines is 1. The minimum absolute atomic E-state index is 0.00656. The van der Waals surface area contributed by atoms with E-state index < -0.39 is 0 Å². The smallest absolute Gasteiger partial charge is 0.227 e. The largest absolute Gasteiger partial charge is 0.370 e. The highest BCUT2D eigenvalue weighted by molar-refractivity contribution is 6.30. The maximum Gasteiger partial charge on any atom is 0.227 e. The second kappa shape index (κ2) is 9.56. The Balaban J connectivity index is 1.59. The van der Waals surface area contributed by atoms with Crippen molar-refractivity contribution in [2.75, 3.05) is 24.5 Å². The molecule has 2 aliphatic heterocycles. The van der Waals surface area contributed by atoms with Crippen LogP contribution >= 0.6 is 11.6 Å². The Kier molecular flexibility index (Phi) is 6.89. The minimum atomic E-state index is -0.315. The van der Waals surface area contributed by atoms with E-state index in [-0.39, 0.29) is 23.5 Å². The number of aromatic nitrogens is 1. The second-order valence-electron chi connectivity index (χ2n) is 10.3. The molecule has 0 spiro atoms. The molecular weight excluding hydrogens is 448 g/mol. The van der Waals surface area contributed by atoms with E-state index in [4.69, 9.17) is 21.3 Å². The number of amides is 1. The normalized spacial score (nSPS) is 19.6. The molecular formula is C27H33ClN4O2. The summed E-state index contributed by atoms with van der Waals surface area (Å²) in [5.74, 6) is 1.06. The Morgan fingerprint density at radius 3 is 2.74 bits per heavy atom. The number of piperazine rings is 1. The number of rotatable bonds is 4. The highest BCUT2D eigenvalue weighted by atomic mass is 35.5. The summed E-state index contributed by atoms with van der Waals surface area (Å²) in [5, 5.41) is 10.8. The zero-order valence-electron chi connectivity index (χ0n) is 20.7. The van der Waals surface area contributed by atoms with Crippen molar-refractivity contribution in [2.45, 2.75) is 71.6 Å². The SMILES string of the molecule is CC(C)c1nc(N2CCN(C(=O)Cc3cccc(Cl)c3)[C@H](C)C2)c(C#N)c2c1COC(C)(C)C2. The van der Waals surface area contributed by atoms with Crippen molar-refractivity contribution in [3.8, 4) is 6.07 Å². The molecule has 7 heteroatoms. The summed E-state index contributed by atoms with van der Waals surface area (Å²) in [6, 6.07) is 9.92. The van der Waals surface area contributed by atoms with Gasteiger partial charge in [0.25, 0.3) is 0 Å². The molecule has 1 fully saturated rings. The summed E-state index contributed by atoms with van der Waals surface area (Å²) >= 11 is 6.09. The molecule has 0 N–H and O–H groups in total. The van der Waals surface area contributed by atoms with Crippen LogP contribution in [-0.4, -0.2) is 47.1 Å². The summed E-state index contributed by atoms with van der Waals surface area (Å²) in [6.07, 6.45) is 1.02. The van der Waals surface area contributed by atoms with Gasteiger partial charge >= 0.3 is 0 Å². The Morgan fingerprint density at radius 1 is 1.32 bits per heavy atom. The lowest BCUT2D eigenvalue weighted by molar-refractivity contribution is -0.132. The van der Waals surface area contributed by atoms with Gasteiger partial charge in [-0.05, 0) is 49.9 Å². The third-order valence-electron chi connectivity index (χ3n) is 6.79. The number of nitrogens with zero attached hydrogens (tertiary/aromatic N) is 4. The van der Waals surface area contributed by atoms with E-state index in [1.54, 1.807) is 0 Å². The second-order valence-corrected chi connectivity index (χ2v) is 10.8. The van der Waals surface area contributed by atoms with Crippen LogP contribution in [0.1, 0.15) is 68.5 Å². The van der Waals surface area contributed by atoms with Crippen LogP contribution in [0.5, 0.6) is 0 Å². The first-order valence-corrected chi connectivity index (χ1v) is 12.4. The van der Waals surface area contributed by atoms with E-state index in [2.05, 4.69) is 45.6 Å². The average molecular weight is 481 g/mol. The van der Waals surface area contributed by atoms with Crippen LogP contribution < -0.4 is 4.90 Å². The first-order chi connectivity index (χ1) is 16.1. The molecule has 3 heterocycles. The third kappa shape index (κ3) is 4.92. The number of hydrogen-bond donors (Lipinski definition) is 0. The molecule has 0 unspecified atom stereocenters. The Bertz CT molecular complexity index is 1140. The summed E-state index contributed by atoms with van der Waals surface area (Å²) in [7, 11) is 0. The first-order valence-electron chi connectivity index (χ1n) is 12.0. The molecule has 6 nitrogen and oxygen atoms in total. The van der Waals surface area contributed by atoms with Gasteiger partial charge in [0.05, 0.1) is 29.9 Å². The van der Waals surface area contributed by atoms with Gasteiger partial charge in [-0.3, -0.25) is 4.79 Å². The molecule has 0 bridgehead atoms. The van der Waals surface area contributed by atoms with E-state index in [0.29, 0.717) is 49.7 Å². The van der Waals surface area contributed by atoms with Crippen LogP contribution in [0.15, 0.2) is 24.3 Å². The molecule has 1 aromatic carbocycles. The number of pyridine rings is 1. The molecule has 4 rings (SSSR count). The lowest BCUT2D eigenvalue weighted by Crippen LogP contribution is -2.55. The molecule has 1 saturated heterocycles. The molecule has 0 aliphatic carbocycles. The van der Waals surface area contributed by atoms with E-state index in [1.165, 1.54) is 0 Å². The van der Waals surface area contributed by atoms with Gasteiger partial charge < -0.3 is 14.5 Å². The summed E-state index contributed by atoms with van der Waals surface area (Å²) in [6.45, 7) is 12.8. The van der Waals surface area contributed by atoms with Crippen LogP contribution in [-0.2, 0) is 29.0 Å². The summed E-state index contributed by atoms with van der Waals surface area (Å²) in [5.41, 5.74) is 4.40. The molecule has 0 radical (unpaired) electrons. The van der Waals surface area contributed by atoms with Gasteiger partial charge in [0, 0.05) is 42.7 Å². The summed E-state index contributed by atoms with van der Waals surface area (Å²) in [4.78, 5) is 22.2. The Morgan fingerprint density at radius 2 is 2.09 bits per heavy atom. The molecule has 180 valence electrons. The molecule has 1 aromatic heterocycles. The Labute approximate surface area is 207 Å². The first kappa shape index (κ1) is 24.5. The molecule has 1 amide bonds. The third-order valence-corrected chi connectivity index (χ3v) is 7.02. The number of carbonyl (C=O) groups excluding carboxylic acids is 1. The molecule has 34 heavy (non-hydrogen) atoms. The van der Waals surface area contributed by atoms with Crippen molar-refractivity contribution in [1.29, 1.82) is 5.26 Å². The molecule has 2 aliphatic rings. The number of benzene rings is 1. The van der Waals surface area contributed by atoms with Crippen LogP contribution in [0, 0.1) is 11.3 Å². The van der Waals surface area contributed by atoms with Gasteiger partial charge in [-0.25, -0.2) is 4.98 Å². The predicted molar refractivity (Wildman–Crippen MR) is 134 cm³/mol. The van der Waals surface area contributed by atoms with Gasteiger partial charge in [-0.15, -0.1) is 0 Å². The van der Waals surface area contributed by atoms with Gasteiger partial charge in [0.2, 0.25) is 5.91 Å². The van der Waals surface area contributed by atoms with Gasteiger partial charge in [0.15, 0.2) is 0 Å². The zero-order chi connectivity index (χ0) is 24.6. The van der Waals surface area contributed by atoms with Crippen LogP contribution in [0.2, 0.25) is 5.02 Å². The van der Waals surface area contributed by atoms with Crippen LogP contribution in [0.3, 0.4) is 0 Å². The maximum atomic E-state index is 13.0. The lowest BCUT2D eigenvalue weighted by Gasteiger charge is -2.42. The fraction of sp³-hybridized carbons (Fsp3) is 0.519. The number of ether oxygens (including phenoxy) is 1. The van der Waals surface area contributed by atoms with E-state index in [9.17, 15) is 10.1 Å². The van der Waals surface area contributed by atoms with E-state index in [1.807, 2.05) is 29.2 Å². The van der Waals surface area contributed by atoms with Crippen molar-refractivity contribution in [1.82, 2.24) is 9.88 Å². The van der Waals surface area contributed by atoms with Gasteiger partial charge in [0.1, 0.15) is 11.9 Å². The highest BCUT2D eigenvalue weighted by Crippen LogP contribution is 2.38. The van der Waals surface area contributed by atoms with Crippen molar-refractivity contribution in [3.63, 3.8) is 0 Å². The molecule has 1 atom stereocenters. The maximum absolute atomic E-state index is 13.0. The lowest BCUT2D eigenvalue weighted by atomic mass is 9.86. The highest BCUT2D eigenvalue weighted by Gasteiger charge is 2.35. The zero-order valence-corrected chi connectivity index (χ0v) is 21.4.